The first kappa shape index (κ1) is 13.1. The number of rotatable bonds is 3. The van der Waals surface area contributed by atoms with Gasteiger partial charge in [0, 0.05) is 13.1 Å². The molecule has 1 aliphatic heterocycles. The SMILES string of the molecule is O=C(O)C(N1CCOCC1)C12CC3CC(CC(C3)C1)C2. The molecule has 0 aromatic rings. The highest BCUT2D eigenvalue weighted by Gasteiger charge is 2.57. The molecule has 1 saturated heterocycles. The summed E-state index contributed by atoms with van der Waals surface area (Å²) in [6, 6.07) is -0.264. The number of nitrogens with zero attached hydrogens (tertiary/aromatic N) is 1. The summed E-state index contributed by atoms with van der Waals surface area (Å²) in [6.45, 7) is 2.96. The van der Waals surface area contributed by atoms with E-state index in [1.54, 1.807) is 0 Å². The Bertz CT molecular complexity index is 367. The topological polar surface area (TPSA) is 49.8 Å². The van der Waals surface area contributed by atoms with Crippen LogP contribution in [0.4, 0.5) is 0 Å². The second-order valence-corrected chi connectivity index (χ2v) is 7.67. The van der Waals surface area contributed by atoms with E-state index in [0.29, 0.717) is 13.2 Å². The molecule has 1 atom stereocenters. The molecule has 4 nitrogen and oxygen atoms in total. The Hall–Kier alpha value is -0.610. The summed E-state index contributed by atoms with van der Waals surface area (Å²) in [7, 11) is 0. The fourth-order valence-electron chi connectivity index (χ4n) is 6.15. The van der Waals surface area contributed by atoms with E-state index < -0.39 is 5.97 Å². The van der Waals surface area contributed by atoms with Gasteiger partial charge in [-0.25, -0.2) is 0 Å². The van der Waals surface area contributed by atoms with E-state index >= 15 is 0 Å². The Morgan fingerprint density at radius 3 is 2.00 bits per heavy atom. The van der Waals surface area contributed by atoms with Crippen molar-refractivity contribution in [2.45, 2.75) is 44.6 Å². The summed E-state index contributed by atoms with van der Waals surface area (Å²) in [4.78, 5) is 14.2. The van der Waals surface area contributed by atoms with Gasteiger partial charge in [0.05, 0.1) is 13.2 Å². The molecule has 5 rings (SSSR count). The molecule has 1 unspecified atom stereocenters. The number of aliphatic carboxylic acids is 1. The molecule has 0 spiro atoms. The van der Waals surface area contributed by atoms with E-state index in [1.807, 2.05) is 0 Å². The first-order valence-corrected chi connectivity index (χ1v) is 8.21. The van der Waals surface area contributed by atoms with Crippen LogP contribution in [0.2, 0.25) is 0 Å². The Kier molecular flexibility index (Phi) is 3.08. The summed E-state index contributed by atoms with van der Waals surface area (Å²) in [5.74, 6) is 1.84. The maximum Gasteiger partial charge on any atom is 0.321 e. The van der Waals surface area contributed by atoms with Gasteiger partial charge in [-0.15, -0.1) is 0 Å². The molecule has 0 aromatic heterocycles. The molecular weight excluding hydrogens is 254 g/mol. The second-order valence-electron chi connectivity index (χ2n) is 7.67. The second kappa shape index (κ2) is 4.70. The first-order valence-electron chi connectivity index (χ1n) is 8.21. The highest BCUT2D eigenvalue weighted by atomic mass is 16.5. The van der Waals surface area contributed by atoms with Gasteiger partial charge in [-0.05, 0) is 61.7 Å². The van der Waals surface area contributed by atoms with Crippen molar-refractivity contribution in [3.63, 3.8) is 0 Å². The third-order valence-electron chi connectivity index (χ3n) is 6.31. The number of hydrogen-bond acceptors (Lipinski definition) is 3. The monoisotopic (exact) mass is 279 g/mol. The van der Waals surface area contributed by atoms with E-state index in [9.17, 15) is 9.90 Å². The van der Waals surface area contributed by atoms with Crippen LogP contribution in [0.5, 0.6) is 0 Å². The van der Waals surface area contributed by atoms with Gasteiger partial charge in [-0.1, -0.05) is 0 Å². The number of morpholine rings is 1. The normalized spacial score (nSPS) is 45.5. The smallest absolute Gasteiger partial charge is 0.321 e. The Balaban J connectivity index is 1.63. The zero-order valence-electron chi connectivity index (χ0n) is 12.1. The maximum atomic E-state index is 12.0. The van der Waals surface area contributed by atoms with Crippen LogP contribution in [-0.4, -0.2) is 48.3 Å². The number of carboxylic acid groups (broad SMARTS) is 1. The Morgan fingerprint density at radius 1 is 1.05 bits per heavy atom. The predicted molar refractivity (Wildman–Crippen MR) is 74.4 cm³/mol. The molecule has 20 heavy (non-hydrogen) atoms. The van der Waals surface area contributed by atoms with Gasteiger partial charge in [0.2, 0.25) is 0 Å². The lowest BCUT2D eigenvalue weighted by Crippen LogP contribution is -2.61. The highest BCUT2D eigenvalue weighted by molar-refractivity contribution is 5.75. The molecule has 0 amide bonds. The van der Waals surface area contributed by atoms with Crippen LogP contribution in [0.25, 0.3) is 0 Å². The molecule has 4 heteroatoms. The molecule has 0 radical (unpaired) electrons. The van der Waals surface area contributed by atoms with E-state index in [2.05, 4.69) is 4.90 Å². The summed E-state index contributed by atoms with van der Waals surface area (Å²) < 4.78 is 5.41. The average Bonchev–Trinajstić information content (AvgIpc) is 2.37. The van der Waals surface area contributed by atoms with Gasteiger partial charge in [0.1, 0.15) is 6.04 Å². The Labute approximate surface area is 120 Å². The van der Waals surface area contributed by atoms with Gasteiger partial charge in [0.25, 0.3) is 0 Å². The van der Waals surface area contributed by atoms with Crippen molar-refractivity contribution in [2.24, 2.45) is 23.2 Å². The van der Waals surface area contributed by atoms with E-state index in [4.69, 9.17) is 4.74 Å². The van der Waals surface area contributed by atoms with Crippen LogP contribution < -0.4 is 0 Å². The quantitative estimate of drug-likeness (QED) is 0.858. The van der Waals surface area contributed by atoms with Crippen LogP contribution in [0.15, 0.2) is 0 Å². The van der Waals surface area contributed by atoms with Gasteiger partial charge >= 0.3 is 5.97 Å². The minimum atomic E-state index is -0.589. The van der Waals surface area contributed by atoms with Crippen molar-refractivity contribution in [2.75, 3.05) is 26.3 Å². The van der Waals surface area contributed by atoms with Gasteiger partial charge < -0.3 is 9.84 Å². The van der Waals surface area contributed by atoms with Gasteiger partial charge in [0.15, 0.2) is 0 Å². The molecule has 0 aromatic carbocycles. The van der Waals surface area contributed by atoms with Crippen molar-refractivity contribution >= 4 is 5.97 Å². The minimum absolute atomic E-state index is 0.0674. The first-order chi connectivity index (χ1) is 9.66. The zero-order chi connectivity index (χ0) is 13.7. The van der Waals surface area contributed by atoms with Crippen molar-refractivity contribution in [3.8, 4) is 0 Å². The predicted octanol–water partition coefficient (Wildman–Crippen LogP) is 1.99. The molecule has 5 fully saturated rings. The van der Waals surface area contributed by atoms with Crippen LogP contribution in [0, 0.1) is 23.2 Å². The summed E-state index contributed by atoms with van der Waals surface area (Å²) >= 11 is 0. The lowest BCUT2D eigenvalue weighted by molar-refractivity contribution is -0.165. The highest BCUT2D eigenvalue weighted by Crippen LogP contribution is 2.62. The minimum Gasteiger partial charge on any atom is -0.480 e. The van der Waals surface area contributed by atoms with Crippen molar-refractivity contribution in [1.29, 1.82) is 0 Å². The van der Waals surface area contributed by atoms with E-state index in [-0.39, 0.29) is 11.5 Å². The molecule has 112 valence electrons. The maximum absolute atomic E-state index is 12.0. The molecular formula is C16H25NO3. The molecule has 1 heterocycles. The van der Waals surface area contributed by atoms with Gasteiger partial charge in [-0.2, -0.15) is 0 Å². The van der Waals surface area contributed by atoms with Crippen molar-refractivity contribution in [1.82, 2.24) is 4.90 Å². The molecule has 4 saturated carbocycles. The molecule has 5 aliphatic rings. The average molecular weight is 279 g/mol. The van der Waals surface area contributed by atoms with Crippen LogP contribution in [0.1, 0.15) is 38.5 Å². The van der Waals surface area contributed by atoms with E-state index in [0.717, 1.165) is 50.1 Å². The molecule has 1 N–H and O–H groups in total. The van der Waals surface area contributed by atoms with Gasteiger partial charge in [-0.3, -0.25) is 9.69 Å². The fraction of sp³-hybridized carbons (Fsp3) is 0.938. The van der Waals surface area contributed by atoms with Crippen molar-refractivity contribution in [3.05, 3.63) is 0 Å². The standard InChI is InChI=1S/C16H25NO3/c18-15(19)14(17-1-3-20-4-2-17)16-8-11-5-12(9-16)7-13(6-11)10-16/h11-14H,1-10H2,(H,18,19). The summed E-state index contributed by atoms with van der Waals surface area (Å²) in [6.07, 6.45) is 7.59. The number of carboxylic acids is 1. The number of hydrogen-bond donors (Lipinski definition) is 1. The molecule has 4 aliphatic carbocycles. The van der Waals surface area contributed by atoms with Crippen LogP contribution in [0.3, 0.4) is 0 Å². The van der Waals surface area contributed by atoms with Crippen LogP contribution >= 0.6 is 0 Å². The fourth-order valence-corrected chi connectivity index (χ4v) is 6.15. The largest absolute Gasteiger partial charge is 0.480 e. The van der Waals surface area contributed by atoms with Crippen LogP contribution in [-0.2, 0) is 9.53 Å². The van der Waals surface area contributed by atoms with E-state index in [1.165, 1.54) is 19.3 Å². The Morgan fingerprint density at radius 2 is 1.55 bits per heavy atom. The third-order valence-corrected chi connectivity index (χ3v) is 6.31. The molecule has 4 bridgehead atoms. The van der Waals surface area contributed by atoms with Crippen molar-refractivity contribution < 1.29 is 14.6 Å². The lowest BCUT2D eigenvalue weighted by atomic mass is 9.47. The third kappa shape index (κ3) is 2.00. The zero-order valence-corrected chi connectivity index (χ0v) is 12.1. The summed E-state index contributed by atoms with van der Waals surface area (Å²) in [5, 5.41) is 9.90. The number of carbonyl (C=O) groups is 1. The lowest BCUT2D eigenvalue weighted by Gasteiger charge is -2.60. The summed E-state index contributed by atoms with van der Waals surface area (Å²) in [5.41, 5.74) is 0.0674. The number of ether oxygens (including phenoxy) is 1.